The third kappa shape index (κ3) is 5.46. The van der Waals surface area contributed by atoms with Crippen LogP contribution in [0.15, 0.2) is 41.3 Å². The number of thioether (sulfide) groups is 1. The van der Waals surface area contributed by atoms with Crippen LogP contribution in [-0.2, 0) is 4.79 Å². The van der Waals surface area contributed by atoms with Crippen molar-refractivity contribution in [1.82, 2.24) is 10.9 Å². The summed E-state index contributed by atoms with van der Waals surface area (Å²) in [4.78, 5) is 25.6. The van der Waals surface area contributed by atoms with Crippen LogP contribution in [0, 0.1) is 0 Å². The fraction of sp³-hybridized carbons (Fsp3) is 0.263. The first-order valence-electron chi connectivity index (χ1n) is 8.22. The zero-order valence-corrected chi connectivity index (χ0v) is 17.4. The van der Waals surface area contributed by atoms with Gasteiger partial charge in [0.15, 0.2) is 11.5 Å². The van der Waals surface area contributed by atoms with E-state index in [9.17, 15) is 9.59 Å². The number of carbonyl (C=O) groups excluding carboxylic acids is 2. The van der Waals surface area contributed by atoms with Gasteiger partial charge in [-0.3, -0.25) is 20.4 Å². The predicted molar refractivity (Wildman–Crippen MR) is 108 cm³/mol. The molecule has 0 aliphatic rings. The fourth-order valence-corrected chi connectivity index (χ4v) is 3.27. The number of ether oxygens (including phenoxy) is 3. The Kier molecular flexibility index (Phi) is 7.83. The quantitative estimate of drug-likeness (QED) is 0.524. The zero-order chi connectivity index (χ0) is 20.7. The minimum Gasteiger partial charge on any atom is -0.493 e. The minimum absolute atomic E-state index is 0.243. The van der Waals surface area contributed by atoms with Crippen LogP contribution >= 0.6 is 23.4 Å². The van der Waals surface area contributed by atoms with Crippen LogP contribution in [0.1, 0.15) is 17.3 Å². The van der Waals surface area contributed by atoms with Crippen LogP contribution in [0.3, 0.4) is 0 Å². The summed E-state index contributed by atoms with van der Waals surface area (Å²) >= 11 is 7.20. The van der Waals surface area contributed by atoms with Gasteiger partial charge in [0, 0.05) is 15.5 Å². The number of benzene rings is 2. The topological polar surface area (TPSA) is 85.9 Å². The summed E-state index contributed by atoms with van der Waals surface area (Å²) in [5.41, 5.74) is 5.05. The van der Waals surface area contributed by atoms with E-state index in [1.165, 1.54) is 45.2 Å². The van der Waals surface area contributed by atoms with Crippen molar-refractivity contribution < 1.29 is 23.8 Å². The van der Waals surface area contributed by atoms with Gasteiger partial charge in [0.1, 0.15) is 0 Å². The Balaban J connectivity index is 2.00. The van der Waals surface area contributed by atoms with Crippen LogP contribution in [-0.4, -0.2) is 38.4 Å². The summed E-state index contributed by atoms with van der Waals surface area (Å²) < 4.78 is 15.7. The highest BCUT2D eigenvalue weighted by Crippen LogP contribution is 2.38. The molecule has 2 aromatic rings. The maximum atomic E-state index is 12.4. The minimum atomic E-state index is -0.517. The van der Waals surface area contributed by atoms with E-state index >= 15 is 0 Å². The molecular formula is C19H21ClN2O5S. The van der Waals surface area contributed by atoms with Crippen LogP contribution in [0.2, 0.25) is 5.02 Å². The van der Waals surface area contributed by atoms with Gasteiger partial charge in [0.05, 0.1) is 26.6 Å². The second kappa shape index (κ2) is 10.1. The molecular weight excluding hydrogens is 404 g/mol. The van der Waals surface area contributed by atoms with Gasteiger partial charge in [-0.05, 0) is 43.3 Å². The summed E-state index contributed by atoms with van der Waals surface area (Å²) in [6.45, 7) is 1.74. The summed E-state index contributed by atoms with van der Waals surface area (Å²) in [6.07, 6.45) is 0. The predicted octanol–water partition coefficient (Wildman–Crippen LogP) is 3.31. The van der Waals surface area contributed by atoms with Crippen molar-refractivity contribution in [2.45, 2.75) is 17.1 Å². The maximum Gasteiger partial charge on any atom is 0.269 e. The highest BCUT2D eigenvalue weighted by atomic mass is 35.5. The molecule has 0 aliphatic heterocycles. The van der Waals surface area contributed by atoms with Crippen molar-refractivity contribution in [3.05, 3.63) is 47.0 Å². The molecule has 0 saturated carbocycles. The van der Waals surface area contributed by atoms with Gasteiger partial charge in [-0.15, -0.1) is 11.8 Å². The molecule has 7 nitrogen and oxygen atoms in total. The van der Waals surface area contributed by atoms with Gasteiger partial charge in [-0.2, -0.15) is 0 Å². The molecule has 0 spiro atoms. The van der Waals surface area contributed by atoms with Crippen LogP contribution in [0.25, 0.3) is 0 Å². The van der Waals surface area contributed by atoms with E-state index in [-0.39, 0.29) is 11.5 Å². The normalized spacial score (nSPS) is 11.3. The number of rotatable bonds is 7. The highest BCUT2D eigenvalue weighted by Gasteiger charge is 2.19. The Morgan fingerprint density at radius 2 is 1.54 bits per heavy atom. The lowest BCUT2D eigenvalue weighted by molar-refractivity contribution is -0.121. The van der Waals surface area contributed by atoms with Gasteiger partial charge in [-0.1, -0.05) is 11.6 Å². The van der Waals surface area contributed by atoms with Crippen molar-refractivity contribution in [2.24, 2.45) is 0 Å². The van der Waals surface area contributed by atoms with Crippen LogP contribution in [0.4, 0.5) is 0 Å². The molecule has 0 aromatic heterocycles. The second-order valence-corrected chi connectivity index (χ2v) is 7.42. The molecule has 1 atom stereocenters. The third-order valence-electron chi connectivity index (χ3n) is 3.72. The first-order chi connectivity index (χ1) is 13.4. The number of amides is 2. The van der Waals surface area contributed by atoms with E-state index in [1.54, 1.807) is 19.1 Å². The molecule has 2 aromatic carbocycles. The van der Waals surface area contributed by atoms with Gasteiger partial charge in [0.2, 0.25) is 5.75 Å². The molecule has 0 radical (unpaired) electrons. The van der Waals surface area contributed by atoms with Crippen molar-refractivity contribution in [3.8, 4) is 17.2 Å². The third-order valence-corrected chi connectivity index (χ3v) is 5.09. The smallest absolute Gasteiger partial charge is 0.269 e. The molecule has 9 heteroatoms. The Hall–Kier alpha value is -2.58. The average Bonchev–Trinajstić information content (AvgIpc) is 2.71. The molecule has 150 valence electrons. The molecule has 0 saturated heterocycles. The number of hydrazine groups is 1. The van der Waals surface area contributed by atoms with Crippen molar-refractivity contribution in [1.29, 1.82) is 0 Å². The molecule has 0 bridgehead atoms. The number of hydrogen-bond donors (Lipinski definition) is 2. The largest absolute Gasteiger partial charge is 0.493 e. The first kappa shape index (κ1) is 21.7. The number of carbonyl (C=O) groups is 2. The molecule has 2 rings (SSSR count). The number of hydrogen-bond acceptors (Lipinski definition) is 6. The molecule has 1 unspecified atom stereocenters. The van der Waals surface area contributed by atoms with Crippen molar-refractivity contribution in [3.63, 3.8) is 0 Å². The molecule has 0 heterocycles. The van der Waals surface area contributed by atoms with Crippen LogP contribution in [0.5, 0.6) is 17.2 Å². The van der Waals surface area contributed by atoms with E-state index in [1.807, 2.05) is 12.1 Å². The number of nitrogens with one attached hydrogen (secondary N) is 2. The molecule has 2 amide bonds. The zero-order valence-electron chi connectivity index (χ0n) is 15.9. The van der Waals surface area contributed by atoms with Crippen LogP contribution < -0.4 is 25.1 Å². The summed E-state index contributed by atoms with van der Waals surface area (Å²) in [7, 11) is 4.38. The fourth-order valence-electron chi connectivity index (χ4n) is 2.28. The number of halogens is 1. The monoisotopic (exact) mass is 424 g/mol. The second-order valence-electron chi connectivity index (χ2n) is 5.57. The molecule has 2 N–H and O–H groups in total. The summed E-state index contributed by atoms with van der Waals surface area (Å²) in [5.74, 6) is 0.186. The lowest BCUT2D eigenvalue weighted by atomic mass is 10.1. The Bertz CT molecular complexity index is 820. The summed E-state index contributed by atoms with van der Waals surface area (Å²) in [5, 5.41) is 0.195. The first-order valence-corrected chi connectivity index (χ1v) is 9.47. The molecule has 0 fully saturated rings. The van der Waals surface area contributed by atoms with Crippen molar-refractivity contribution >= 4 is 35.2 Å². The van der Waals surface area contributed by atoms with Gasteiger partial charge < -0.3 is 14.2 Å². The Morgan fingerprint density at radius 3 is 2.04 bits per heavy atom. The SMILES string of the molecule is COc1cc(C(=O)NNC(=O)C(C)Sc2ccc(Cl)cc2)cc(OC)c1OC. The van der Waals surface area contributed by atoms with E-state index < -0.39 is 11.2 Å². The van der Waals surface area contributed by atoms with E-state index in [4.69, 9.17) is 25.8 Å². The van der Waals surface area contributed by atoms with E-state index in [0.717, 1.165) is 4.90 Å². The highest BCUT2D eigenvalue weighted by molar-refractivity contribution is 8.00. The lowest BCUT2D eigenvalue weighted by Gasteiger charge is -2.15. The Labute approximate surface area is 172 Å². The average molecular weight is 425 g/mol. The Morgan fingerprint density at radius 1 is 0.964 bits per heavy atom. The summed E-state index contributed by atoms with van der Waals surface area (Å²) in [6, 6.07) is 10.1. The van der Waals surface area contributed by atoms with Gasteiger partial charge in [0.25, 0.3) is 11.8 Å². The van der Waals surface area contributed by atoms with E-state index in [0.29, 0.717) is 22.3 Å². The van der Waals surface area contributed by atoms with Gasteiger partial charge in [-0.25, -0.2) is 0 Å². The molecule has 28 heavy (non-hydrogen) atoms. The standard InChI is InChI=1S/C19H21ClN2O5S/c1-11(28-14-7-5-13(20)6-8-14)18(23)21-22-19(24)12-9-15(25-2)17(27-4)16(10-12)26-3/h5-11H,1-4H3,(H,21,23)(H,22,24). The number of methoxy groups -OCH3 is 3. The lowest BCUT2D eigenvalue weighted by Crippen LogP contribution is -2.44. The maximum absolute atomic E-state index is 12.4. The van der Waals surface area contributed by atoms with E-state index in [2.05, 4.69) is 10.9 Å². The molecule has 0 aliphatic carbocycles. The van der Waals surface area contributed by atoms with Crippen molar-refractivity contribution in [2.75, 3.05) is 21.3 Å². The van der Waals surface area contributed by atoms with Gasteiger partial charge >= 0.3 is 0 Å².